The maximum atomic E-state index is 12.3. The average molecular weight is 561 g/mol. The summed E-state index contributed by atoms with van der Waals surface area (Å²) in [6.07, 6.45) is 13.8. The van der Waals surface area contributed by atoms with Gasteiger partial charge in [0, 0.05) is 18.5 Å². The zero-order chi connectivity index (χ0) is 29.1. The minimum absolute atomic E-state index is 0.00831. The van der Waals surface area contributed by atoms with E-state index in [0.29, 0.717) is 41.5 Å². The Kier molecular flexibility index (Phi) is 11.1. The highest BCUT2D eigenvalue weighted by atomic mass is 16.3. The Hall–Kier alpha value is -0.690. The van der Waals surface area contributed by atoms with Gasteiger partial charge in [0.25, 0.3) is 0 Å². The van der Waals surface area contributed by atoms with Gasteiger partial charge in [-0.1, -0.05) is 20.8 Å². The van der Waals surface area contributed by atoms with Gasteiger partial charge in [-0.05, 0) is 164 Å². The Balaban J connectivity index is 1.32. The van der Waals surface area contributed by atoms with Crippen molar-refractivity contribution in [1.82, 2.24) is 15.5 Å². The lowest BCUT2D eigenvalue weighted by molar-refractivity contribution is -0.169. The van der Waals surface area contributed by atoms with Crippen LogP contribution >= 0.6 is 0 Å². The summed E-state index contributed by atoms with van der Waals surface area (Å²) < 4.78 is 0. The van der Waals surface area contributed by atoms with Crippen molar-refractivity contribution in [1.29, 1.82) is 0 Å². The average Bonchev–Trinajstić information content (AvgIpc) is 3.27. The molecule has 6 heteroatoms. The van der Waals surface area contributed by atoms with Gasteiger partial charge in [0.05, 0.1) is 6.10 Å². The highest BCUT2D eigenvalue weighted by Gasteiger charge is 2.63. The molecule has 0 aromatic rings. The van der Waals surface area contributed by atoms with Crippen LogP contribution < -0.4 is 16.4 Å². The van der Waals surface area contributed by atoms with E-state index in [9.17, 15) is 9.90 Å². The molecule has 0 heterocycles. The SMILES string of the molecule is CC(C)NC(=O)CC[C@@H](C)[C@H]1CCC2C3CCC4C[C@@H](NCCCN(C)CCCN)CC[C@]4(C)C3C[C@H](O)[C@@]21C. The molecular weight excluding hydrogens is 496 g/mol. The number of amides is 1. The highest BCUT2D eigenvalue weighted by molar-refractivity contribution is 5.76. The summed E-state index contributed by atoms with van der Waals surface area (Å²) in [7, 11) is 2.21. The van der Waals surface area contributed by atoms with E-state index in [1.165, 1.54) is 51.4 Å². The molecule has 0 aromatic heterocycles. The van der Waals surface area contributed by atoms with Gasteiger partial charge >= 0.3 is 0 Å². The number of rotatable bonds is 13. The van der Waals surface area contributed by atoms with Crippen LogP contribution in [0.25, 0.3) is 0 Å². The molecule has 4 unspecified atom stereocenters. The number of hydrogen-bond donors (Lipinski definition) is 4. The number of nitrogens with one attached hydrogen (secondary N) is 2. The Morgan fingerprint density at radius 1 is 1.02 bits per heavy atom. The lowest BCUT2D eigenvalue weighted by atomic mass is 9.43. The van der Waals surface area contributed by atoms with E-state index in [4.69, 9.17) is 5.73 Å². The first-order chi connectivity index (χ1) is 19.0. The quantitative estimate of drug-likeness (QED) is 0.233. The molecule has 4 saturated carbocycles. The summed E-state index contributed by atoms with van der Waals surface area (Å²) in [5.74, 6) is 4.06. The van der Waals surface area contributed by atoms with Crippen LogP contribution in [0.5, 0.6) is 0 Å². The molecule has 40 heavy (non-hydrogen) atoms. The second-order valence-electron chi connectivity index (χ2n) is 15.4. The Bertz CT molecular complexity index is 822. The lowest BCUT2D eigenvalue weighted by Crippen LogP contribution is -2.59. The molecular formula is C34H64N4O2. The van der Waals surface area contributed by atoms with Crippen molar-refractivity contribution in [3.8, 4) is 0 Å². The minimum Gasteiger partial charge on any atom is -0.393 e. The molecule has 10 atom stereocenters. The van der Waals surface area contributed by atoms with E-state index in [2.05, 4.69) is 43.4 Å². The highest BCUT2D eigenvalue weighted by Crippen LogP contribution is 2.68. The number of aliphatic hydroxyl groups excluding tert-OH is 1. The zero-order valence-corrected chi connectivity index (χ0v) is 26.9. The van der Waals surface area contributed by atoms with Crippen LogP contribution in [-0.4, -0.2) is 67.3 Å². The second-order valence-corrected chi connectivity index (χ2v) is 15.4. The molecule has 232 valence electrons. The fourth-order valence-corrected chi connectivity index (χ4v) is 10.5. The van der Waals surface area contributed by atoms with Crippen molar-refractivity contribution in [2.24, 2.45) is 52.1 Å². The number of fused-ring (bicyclic) bond motifs is 5. The van der Waals surface area contributed by atoms with Crippen molar-refractivity contribution in [2.45, 2.75) is 130 Å². The van der Waals surface area contributed by atoms with Crippen LogP contribution in [0.2, 0.25) is 0 Å². The van der Waals surface area contributed by atoms with E-state index in [0.717, 1.165) is 57.3 Å². The maximum Gasteiger partial charge on any atom is 0.220 e. The van der Waals surface area contributed by atoms with Gasteiger partial charge in [0.1, 0.15) is 0 Å². The van der Waals surface area contributed by atoms with Crippen LogP contribution in [-0.2, 0) is 4.79 Å². The second kappa shape index (κ2) is 13.7. The van der Waals surface area contributed by atoms with Crippen LogP contribution in [0.4, 0.5) is 0 Å². The smallest absolute Gasteiger partial charge is 0.220 e. The Labute approximate surface area is 246 Å². The number of hydrogen-bond acceptors (Lipinski definition) is 5. The van der Waals surface area contributed by atoms with Crippen molar-refractivity contribution < 1.29 is 9.90 Å². The molecule has 4 aliphatic carbocycles. The largest absolute Gasteiger partial charge is 0.393 e. The van der Waals surface area contributed by atoms with Gasteiger partial charge in [0.15, 0.2) is 0 Å². The van der Waals surface area contributed by atoms with Crippen molar-refractivity contribution >= 4 is 5.91 Å². The van der Waals surface area contributed by atoms with Gasteiger partial charge < -0.3 is 26.4 Å². The van der Waals surface area contributed by atoms with E-state index in [1.807, 2.05) is 13.8 Å². The minimum atomic E-state index is -0.208. The predicted molar refractivity (Wildman–Crippen MR) is 166 cm³/mol. The lowest BCUT2D eigenvalue weighted by Gasteiger charge is -2.62. The number of nitrogens with zero attached hydrogens (tertiary/aromatic N) is 1. The number of carbonyl (C=O) groups is 1. The summed E-state index contributed by atoms with van der Waals surface area (Å²) in [4.78, 5) is 14.8. The molecule has 0 aliphatic heterocycles. The van der Waals surface area contributed by atoms with E-state index >= 15 is 0 Å². The summed E-state index contributed by atoms with van der Waals surface area (Å²) in [6, 6.07) is 0.863. The molecule has 0 spiro atoms. The molecule has 5 N–H and O–H groups in total. The Morgan fingerprint density at radius 2 is 1.77 bits per heavy atom. The van der Waals surface area contributed by atoms with Crippen LogP contribution in [0.15, 0.2) is 0 Å². The zero-order valence-electron chi connectivity index (χ0n) is 26.9. The third-order valence-corrected chi connectivity index (χ3v) is 12.7. The van der Waals surface area contributed by atoms with Crippen LogP contribution in [0, 0.1) is 46.3 Å². The van der Waals surface area contributed by atoms with Gasteiger partial charge in [0.2, 0.25) is 5.91 Å². The first-order valence-electron chi connectivity index (χ1n) is 17.1. The molecule has 0 radical (unpaired) electrons. The third-order valence-electron chi connectivity index (χ3n) is 12.7. The van der Waals surface area contributed by atoms with Crippen molar-refractivity contribution in [3.05, 3.63) is 0 Å². The first-order valence-corrected chi connectivity index (χ1v) is 17.1. The molecule has 4 aliphatic rings. The summed E-state index contributed by atoms with van der Waals surface area (Å²) in [5.41, 5.74) is 6.05. The molecule has 0 bridgehead atoms. The number of aliphatic hydroxyl groups is 1. The maximum absolute atomic E-state index is 12.3. The van der Waals surface area contributed by atoms with E-state index in [1.54, 1.807) is 0 Å². The summed E-state index contributed by atoms with van der Waals surface area (Å²) in [6.45, 7) is 15.6. The normalized spacial score (nSPS) is 40.0. The summed E-state index contributed by atoms with van der Waals surface area (Å²) >= 11 is 0. The van der Waals surface area contributed by atoms with E-state index in [-0.39, 0.29) is 23.5 Å². The fraction of sp³-hybridized carbons (Fsp3) is 0.971. The van der Waals surface area contributed by atoms with Gasteiger partial charge in [-0.25, -0.2) is 0 Å². The molecule has 4 rings (SSSR count). The molecule has 4 fully saturated rings. The first kappa shape index (κ1) is 32.2. The Morgan fingerprint density at radius 3 is 2.50 bits per heavy atom. The van der Waals surface area contributed by atoms with Gasteiger partial charge in [-0.3, -0.25) is 4.79 Å². The monoisotopic (exact) mass is 561 g/mol. The van der Waals surface area contributed by atoms with Crippen LogP contribution in [0.3, 0.4) is 0 Å². The molecule has 0 aromatic carbocycles. The van der Waals surface area contributed by atoms with Gasteiger partial charge in [-0.15, -0.1) is 0 Å². The van der Waals surface area contributed by atoms with E-state index < -0.39 is 0 Å². The molecule has 6 nitrogen and oxygen atoms in total. The van der Waals surface area contributed by atoms with Crippen molar-refractivity contribution in [3.63, 3.8) is 0 Å². The summed E-state index contributed by atoms with van der Waals surface area (Å²) in [5, 5.41) is 18.9. The number of nitrogens with two attached hydrogens (primary N) is 1. The molecule has 0 saturated heterocycles. The van der Waals surface area contributed by atoms with Gasteiger partial charge in [-0.2, -0.15) is 0 Å². The topological polar surface area (TPSA) is 90.6 Å². The van der Waals surface area contributed by atoms with Crippen molar-refractivity contribution in [2.75, 3.05) is 33.2 Å². The number of carbonyl (C=O) groups excluding carboxylic acids is 1. The third kappa shape index (κ3) is 6.76. The molecule has 1 amide bonds. The predicted octanol–water partition coefficient (Wildman–Crippen LogP) is 5.19. The fourth-order valence-electron chi connectivity index (χ4n) is 10.5. The standard InChI is InChI=1S/C34H64N4O2/c1-23(2)37-32(40)14-9-24(3)28-12-13-29-27-11-10-25-21-26(36-18-8-20-38(6)19-7-17-35)15-16-33(25,4)30(27)22-31(39)34(28,29)5/h23-31,36,39H,7-22,35H2,1-6H3,(H,37,40)/t24-,25?,26+,27?,28-,29?,30?,31+,33+,34-/m1/s1. The van der Waals surface area contributed by atoms with Crippen LogP contribution in [0.1, 0.15) is 112 Å².